The first-order valence-electron chi connectivity index (χ1n) is 8.07. The lowest BCUT2D eigenvalue weighted by molar-refractivity contribution is -0.120. The Balaban J connectivity index is 1.68. The number of aliphatic hydroxyl groups excluding tert-OH is 1. The molecule has 1 atom stereocenters. The molecule has 0 bridgehead atoms. The van der Waals surface area contributed by atoms with Gasteiger partial charge in [-0.1, -0.05) is 24.3 Å². The number of carbonyl (C=O) groups excluding carboxylic acids is 1. The van der Waals surface area contributed by atoms with Gasteiger partial charge in [0.05, 0.1) is 19.6 Å². The minimum absolute atomic E-state index is 0.136. The molecule has 0 saturated carbocycles. The second-order valence-electron chi connectivity index (χ2n) is 5.78. The summed E-state index contributed by atoms with van der Waals surface area (Å²) in [7, 11) is 1.62. The third-order valence-corrected chi connectivity index (χ3v) is 4.11. The number of nitrogens with one attached hydrogen (secondary N) is 1. The van der Waals surface area contributed by atoms with E-state index in [2.05, 4.69) is 10.3 Å². The molecule has 1 heterocycles. The van der Waals surface area contributed by atoms with Crippen molar-refractivity contribution in [1.29, 1.82) is 0 Å². The number of benzene rings is 2. The SMILES string of the molecule is COc1ccc2cccc(CC(=O)NC[C@@H](O)c3ccncc3)c2c1. The number of pyridine rings is 1. The van der Waals surface area contributed by atoms with Gasteiger partial charge < -0.3 is 15.2 Å². The summed E-state index contributed by atoms with van der Waals surface area (Å²) in [6.45, 7) is 0.164. The van der Waals surface area contributed by atoms with Crippen LogP contribution in [-0.4, -0.2) is 29.7 Å². The highest BCUT2D eigenvalue weighted by atomic mass is 16.5. The number of carbonyl (C=O) groups is 1. The second kappa shape index (κ2) is 7.77. The Labute approximate surface area is 146 Å². The Morgan fingerprint density at radius 3 is 2.76 bits per heavy atom. The van der Waals surface area contributed by atoms with E-state index in [-0.39, 0.29) is 18.9 Å². The van der Waals surface area contributed by atoms with E-state index < -0.39 is 6.10 Å². The predicted molar refractivity (Wildman–Crippen MR) is 96.4 cm³/mol. The zero-order valence-corrected chi connectivity index (χ0v) is 14.0. The first-order chi connectivity index (χ1) is 12.2. The summed E-state index contributed by atoms with van der Waals surface area (Å²) in [6.07, 6.45) is 2.72. The van der Waals surface area contributed by atoms with Gasteiger partial charge in [0, 0.05) is 18.9 Å². The molecule has 25 heavy (non-hydrogen) atoms. The summed E-state index contributed by atoms with van der Waals surface area (Å²) >= 11 is 0. The lowest BCUT2D eigenvalue weighted by atomic mass is 10.0. The van der Waals surface area contributed by atoms with Gasteiger partial charge in [0.2, 0.25) is 5.91 Å². The lowest BCUT2D eigenvalue weighted by Gasteiger charge is -2.13. The second-order valence-corrected chi connectivity index (χ2v) is 5.78. The number of hydrogen-bond acceptors (Lipinski definition) is 4. The van der Waals surface area contributed by atoms with Crippen LogP contribution in [0.25, 0.3) is 10.8 Å². The molecule has 128 valence electrons. The van der Waals surface area contributed by atoms with Crippen LogP contribution in [0, 0.1) is 0 Å². The fraction of sp³-hybridized carbons (Fsp3) is 0.200. The Hall–Kier alpha value is -2.92. The maximum absolute atomic E-state index is 12.3. The van der Waals surface area contributed by atoms with Gasteiger partial charge in [-0.15, -0.1) is 0 Å². The van der Waals surface area contributed by atoms with E-state index in [4.69, 9.17) is 4.74 Å². The number of amides is 1. The molecule has 3 aromatic rings. The third kappa shape index (κ3) is 4.14. The minimum atomic E-state index is -0.750. The van der Waals surface area contributed by atoms with Crippen LogP contribution >= 0.6 is 0 Å². The van der Waals surface area contributed by atoms with E-state index in [0.717, 1.165) is 27.6 Å². The third-order valence-electron chi connectivity index (χ3n) is 4.11. The molecule has 5 heteroatoms. The first kappa shape index (κ1) is 16.9. The molecule has 0 spiro atoms. The molecule has 1 aromatic heterocycles. The maximum Gasteiger partial charge on any atom is 0.224 e. The largest absolute Gasteiger partial charge is 0.497 e. The summed E-state index contributed by atoms with van der Waals surface area (Å²) in [5.41, 5.74) is 1.65. The van der Waals surface area contributed by atoms with Crippen LogP contribution < -0.4 is 10.1 Å². The van der Waals surface area contributed by atoms with Crippen LogP contribution in [0.15, 0.2) is 60.9 Å². The van der Waals surface area contributed by atoms with E-state index in [1.54, 1.807) is 31.6 Å². The highest BCUT2D eigenvalue weighted by Crippen LogP contribution is 2.24. The van der Waals surface area contributed by atoms with Crippen LogP contribution in [0.4, 0.5) is 0 Å². The normalized spacial score (nSPS) is 11.9. The fourth-order valence-corrected chi connectivity index (χ4v) is 2.75. The number of methoxy groups -OCH3 is 1. The van der Waals surface area contributed by atoms with Crippen molar-refractivity contribution in [3.63, 3.8) is 0 Å². The number of fused-ring (bicyclic) bond motifs is 1. The van der Waals surface area contributed by atoms with Crippen molar-refractivity contribution in [2.45, 2.75) is 12.5 Å². The van der Waals surface area contributed by atoms with Crippen LogP contribution in [0.5, 0.6) is 5.75 Å². The summed E-state index contributed by atoms with van der Waals surface area (Å²) in [4.78, 5) is 16.2. The maximum atomic E-state index is 12.3. The van der Waals surface area contributed by atoms with Gasteiger partial charge in [-0.3, -0.25) is 9.78 Å². The van der Waals surface area contributed by atoms with Crippen molar-refractivity contribution in [2.24, 2.45) is 0 Å². The number of nitrogens with zero attached hydrogens (tertiary/aromatic N) is 1. The molecule has 5 nitrogen and oxygen atoms in total. The molecule has 0 radical (unpaired) electrons. The summed E-state index contributed by atoms with van der Waals surface area (Å²) in [5, 5.41) is 14.9. The first-order valence-corrected chi connectivity index (χ1v) is 8.07. The molecular formula is C20H20N2O3. The van der Waals surface area contributed by atoms with E-state index in [1.807, 2.05) is 36.4 Å². The molecule has 1 amide bonds. The highest BCUT2D eigenvalue weighted by Gasteiger charge is 2.11. The number of aliphatic hydroxyl groups is 1. The monoisotopic (exact) mass is 336 g/mol. The molecule has 0 unspecified atom stereocenters. The topological polar surface area (TPSA) is 71.5 Å². The Morgan fingerprint density at radius 2 is 2.00 bits per heavy atom. The molecule has 0 fully saturated rings. The summed E-state index contributed by atoms with van der Waals surface area (Å²) in [6, 6.07) is 15.1. The van der Waals surface area contributed by atoms with Crippen LogP contribution in [0.3, 0.4) is 0 Å². The van der Waals surface area contributed by atoms with Crippen molar-refractivity contribution < 1.29 is 14.6 Å². The van der Waals surface area contributed by atoms with Gasteiger partial charge >= 0.3 is 0 Å². The van der Waals surface area contributed by atoms with Gasteiger partial charge in [0.1, 0.15) is 5.75 Å². The van der Waals surface area contributed by atoms with E-state index >= 15 is 0 Å². The fourth-order valence-electron chi connectivity index (χ4n) is 2.75. The van der Waals surface area contributed by atoms with Crippen LogP contribution in [0.1, 0.15) is 17.2 Å². The van der Waals surface area contributed by atoms with E-state index in [0.29, 0.717) is 0 Å². The van der Waals surface area contributed by atoms with Gasteiger partial charge in [-0.05, 0) is 46.2 Å². The van der Waals surface area contributed by atoms with Crippen molar-refractivity contribution in [1.82, 2.24) is 10.3 Å². The summed E-state index contributed by atoms with van der Waals surface area (Å²) in [5.74, 6) is 0.622. The standard InChI is InChI=1S/C20H20N2O3/c1-25-17-6-5-14-3-2-4-16(18(14)12-17)11-20(24)22-13-19(23)15-7-9-21-10-8-15/h2-10,12,19,23H,11,13H2,1H3,(H,22,24)/t19-/m1/s1. The number of ether oxygens (including phenoxy) is 1. The van der Waals surface area contributed by atoms with E-state index in [9.17, 15) is 9.90 Å². The Kier molecular flexibility index (Phi) is 5.26. The number of rotatable bonds is 6. The highest BCUT2D eigenvalue weighted by molar-refractivity contribution is 5.91. The predicted octanol–water partition coefficient (Wildman–Crippen LogP) is 2.64. The molecular weight excluding hydrogens is 316 g/mol. The van der Waals surface area contributed by atoms with Crippen LogP contribution in [0.2, 0.25) is 0 Å². The average molecular weight is 336 g/mol. The van der Waals surface area contributed by atoms with Gasteiger partial charge in [0.15, 0.2) is 0 Å². The van der Waals surface area contributed by atoms with Crippen molar-refractivity contribution >= 4 is 16.7 Å². The van der Waals surface area contributed by atoms with Gasteiger partial charge in [-0.2, -0.15) is 0 Å². The van der Waals surface area contributed by atoms with Gasteiger partial charge in [-0.25, -0.2) is 0 Å². The molecule has 2 aromatic carbocycles. The van der Waals surface area contributed by atoms with Crippen molar-refractivity contribution in [3.8, 4) is 5.75 Å². The zero-order chi connectivity index (χ0) is 17.6. The molecule has 0 aliphatic rings. The van der Waals surface area contributed by atoms with Crippen molar-refractivity contribution in [3.05, 3.63) is 72.1 Å². The smallest absolute Gasteiger partial charge is 0.224 e. The van der Waals surface area contributed by atoms with Crippen LogP contribution in [-0.2, 0) is 11.2 Å². The zero-order valence-electron chi connectivity index (χ0n) is 14.0. The average Bonchev–Trinajstić information content (AvgIpc) is 2.66. The molecule has 0 aliphatic heterocycles. The molecule has 3 rings (SSSR count). The Morgan fingerprint density at radius 1 is 1.20 bits per heavy atom. The molecule has 0 saturated heterocycles. The molecule has 0 aliphatic carbocycles. The van der Waals surface area contributed by atoms with E-state index in [1.165, 1.54) is 0 Å². The quantitative estimate of drug-likeness (QED) is 0.726. The lowest BCUT2D eigenvalue weighted by Crippen LogP contribution is -2.29. The van der Waals surface area contributed by atoms with Gasteiger partial charge in [0.25, 0.3) is 0 Å². The number of hydrogen-bond donors (Lipinski definition) is 2. The number of aromatic nitrogens is 1. The minimum Gasteiger partial charge on any atom is -0.497 e. The van der Waals surface area contributed by atoms with Crippen molar-refractivity contribution in [2.75, 3.05) is 13.7 Å². The molecule has 2 N–H and O–H groups in total. The Bertz CT molecular complexity index is 865. The summed E-state index contributed by atoms with van der Waals surface area (Å²) < 4.78 is 5.27.